The highest BCUT2D eigenvalue weighted by Gasteiger charge is 2.28. The van der Waals surface area contributed by atoms with Gasteiger partial charge in [-0.2, -0.15) is 0 Å². The maximum atomic E-state index is 12.9. The van der Waals surface area contributed by atoms with Gasteiger partial charge in [0.1, 0.15) is 5.82 Å². The van der Waals surface area contributed by atoms with Gasteiger partial charge < -0.3 is 10.2 Å². The van der Waals surface area contributed by atoms with Crippen molar-refractivity contribution in [3.05, 3.63) is 83.5 Å². The molecule has 1 aliphatic rings. The van der Waals surface area contributed by atoms with Crippen LogP contribution in [-0.4, -0.2) is 56.3 Å². The molecule has 1 saturated heterocycles. The molecule has 3 aromatic heterocycles. The van der Waals surface area contributed by atoms with Crippen molar-refractivity contribution in [2.75, 3.05) is 19.6 Å². The first-order valence-electron chi connectivity index (χ1n) is 10.8. The zero-order chi connectivity index (χ0) is 22.3. The summed E-state index contributed by atoms with van der Waals surface area (Å²) in [4.78, 5) is 44.4. The fourth-order valence-corrected chi connectivity index (χ4v) is 3.96. The highest BCUT2D eigenvalue weighted by Crippen LogP contribution is 2.29. The number of carbonyl (C=O) groups is 2. The van der Waals surface area contributed by atoms with Gasteiger partial charge in [-0.25, -0.2) is 9.97 Å². The Labute approximate surface area is 187 Å². The number of pyridine rings is 2. The molecule has 164 valence electrons. The molecule has 0 unspecified atom stereocenters. The number of piperidine rings is 1. The van der Waals surface area contributed by atoms with E-state index in [4.69, 9.17) is 0 Å². The topological polar surface area (TPSA) is 101 Å². The third kappa shape index (κ3) is 5.14. The second-order valence-electron chi connectivity index (χ2n) is 7.89. The number of nitrogens with one attached hydrogen (secondary N) is 1. The number of carbonyl (C=O) groups excluding carboxylic acids is 2. The normalized spacial score (nSPS) is 14.2. The minimum absolute atomic E-state index is 0.0104. The van der Waals surface area contributed by atoms with Gasteiger partial charge in [0.25, 0.3) is 11.8 Å². The molecule has 8 nitrogen and oxygen atoms in total. The van der Waals surface area contributed by atoms with Crippen molar-refractivity contribution < 1.29 is 9.59 Å². The van der Waals surface area contributed by atoms with Crippen molar-refractivity contribution in [2.45, 2.75) is 32.1 Å². The molecule has 1 N–H and O–H groups in total. The van der Waals surface area contributed by atoms with Crippen LogP contribution in [0.1, 0.15) is 56.6 Å². The van der Waals surface area contributed by atoms with Gasteiger partial charge in [-0.15, -0.1) is 0 Å². The Morgan fingerprint density at radius 3 is 2.50 bits per heavy atom. The Morgan fingerprint density at radius 1 is 1.06 bits per heavy atom. The van der Waals surface area contributed by atoms with E-state index in [2.05, 4.69) is 25.3 Å². The summed E-state index contributed by atoms with van der Waals surface area (Å²) in [6.45, 7) is 3.57. The third-order valence-corrected chi connectivity index (χ3v) is 5.68. The molecule has 0 aromatic carbocycles. The number of likely N-dealkylation sites (tertiary alicyclic amines) is 1. The van der Waals surface area contributed by atoms with Crippen LogP contribution in [0.2, 0.25) is 0 Å². The fraction of sp³-hybridized carbons (Fsp3) is 0.333. The summed E-state index contributed by atoms with van der Waals surface area (Å²) in [5, 5.41) is 2.98. The van der Waals surface area contributed by atoms with Gasteiger partial charge in [0, 0.05) is 56.5 Å². The first-order valence-corrected chi connectivity index (χ1v) is 10.8. The average Bonchev–Trinajstić information content (AvgIpc) is 2.85. The SMILES string of the molecule is Cc1ncc(C(=O)NCCc2cccnc2)c(C2CCN(C(=O)c3cccnc3)CC2)n1. The van der Waals surface area contributed by atoms with Crippen molar-refractivity contribution in [3.63, 3.8) is 0 Å². The molecule has 0 aliphatic carbocycles. The molecule has 8 heteroatoms. The Balaban J connectivity index is 1.40. The van der Waals surface area contributed by atoms with Crippen molar-refractivity contribution >= 4 is 11.8 Å². The fourth-order valence-electron chi connectivity index (χ4n) is 3.96. The first-order chi connectivity index (χ1) is 15.6. The summed E-state index contributed by atoms with van der Waals surface area (Å²) in [7, 11) is 0. The van der Waals surface area contributed by atoms with E-state index in [1.54, 1.807) is 43.1 Å². The summed E-state index contributed by atoms with van der Waals surface area (Å²) in [6, 6.07) is 7.42. The van der Waals surface area contributed by atoms with Crippen molar-refractivity contribution in [2.24, 2.45) is 0 Å². The molecule has 4 rings (SSSR count). The molecule has 0 atom stereocenters. The maximum absolute atomic E-state index is 12.9. The van der Waals surface area contributed by atoms with Gasteiger partial charge >= 0.3 is 0 Å². The summed E-state index contributed by atoms with van der Waals surface area (Å²) >= 11 is 0. The monoisotopic (exact) mass is 430 g/mol. The van der Waals surface area contributed by atoms with E-state index in [1.165, 1.54) is 0 Å². The van der Waals surface area contributed by atoms with Crippen LogP contribution in [0.15, 0.2) is 55.2 Å². The van der Waals surface area contributed by atoms with Crippen LogP contribution in [0.3, 0.4) is 0 Å². The van der Waals surface area contributed by atoms with E-state index in [1.807, 2.05) is 24.0 Å². The molecule has 32 heavy (non-hydrogen) atoms. The minimum Gasteiger partial charge on any atom is -0.352 e. The molecule has 0 spiro atoms. The van der Waals surface area contributed by atoms with E-state index in [9.17, 15) is 9.59 Å². The zero-order valence-corrected chi connectivity index (χ0v) is 18.1. The van der Waals surface area contributed by atoms with Crippen LogP contribution in [0, 0.1) is 6.92 Å². The number of hydrogen-bond donors (Lipinski definition) is 1. The van der Waals surface area contributed by atoms with Crippen molar-refractivity contribution in [1.82, 2.24) is 30.2 Å². The minimum atomic E-state index is -0.169. The standard InChI is InChI=1S/C24H26N6O2/c1-17-28-16-21(23(31)27-11-6-18-4-2-9-25-14-18)22(29-17)19-7-12-30(13-8-19)24(32)20-5-3-10-26-15-20/h2-5,9-10,14-16,19H,6-8,11-13H2,1H3,(H,27,31). The highest BCUT2D eigenvalue weighted by molar-refractivity contribution is 5.95. The second-order valence-corrected chi connectivity index (χ2v) is 7.89. The van der Waals surface area contributed by atoms with Crippen LogP contribution in [0.4, 0.5) is 0 Å². The third-order valence-electron chi connectivity index (χ3n) is 5.68. The number of amides is 2. The first kappa shape index (κ1) is 21.5. The highest BCUT2D eigenvalue weighted by atomic mass is 16.2. The lowest BCUT2D eigenvalue weighted by Crippen LogP contribution is -2.38. The van der Waals surface area contributed by atoms with E-state index >= 15 is 0 Å². The predicted molar refractivity (Wildman–Crippen MR) is 119 cm³/mol. The van der Waals surface area contributed by atoms with Crippen LogP contribution in [-0.2, 0) is 6.42 Å². The number of aryl methyl sites for hydroxylation is 1. The molecule has 3 aromatic rings. The van der Waals surface area contributed by atoms with Gasteiger partial charge in [-0.05, 0) is 49.9 Å². The molecule has 1 aliphatic heterocycles. The van der Waals surface area contributed by atoms with E-state index in [0.717, 1.165) is 24.1 Å². The van der Waals surface area contributed by atoms with Gasteiger partial charge in [0.05, 0.1) is 16.8 Å². The summed E-state index contributed by atoms with van der Waals surface area (Å²) in [5.41, 5.74) is 2.94. The number of rotatable bonds is 6. The Morgan fingerprint density at radius 2 is 1.81 bits per heavy atom. The molecule has 1 fully saturated rings. The maximum Gasteiger partial charge on any atom is 0.255 e. The molecular weight excluding hydrogens is 404 g/mol. The van der Waals surface area contributed by atoms with E-state index < -0.39 is 0 Å². The summed E-state index contributed by atoms with van der Waals surface area (Å²) in [6.07, 6.45) is 10.6. The van der Waals surface area contributed by atoms with E-state index in [0.29, 0.717) is 43.0 Å². The number of hydrogen-bond acceptors (Lipinski definition) is 6. The average molecular weight is 431 g/mol. The lowest BCUT2D eigenvalue weighted by atomic mass is 9.90. The zero-order valence-electron chi connectivity index (χ0n) is 18.1. The van der Waals surface area contributed by atoms with Crippen LogP contribution < -0.4 is 5.32 Å². The summed E-state index contributed by atoms with van der Waals surface area (Å²) in [5.74, 6) is 0.566. The lowest BCUT2D eigenvalue weighted by Gasteiger charge is -2.32. The summed E-state index contributed by atoms with van der Waals surface area (Å²) < 4.78 is 0. The number of aromatic nitrogens is 4. The quantitative estimate of drug-likeness (QED) is 0.645. The Kier molecular flexibility index (Phi) is 6.79. The largest absolute Gasteiger partial charge is 0.352 e. The van der Waals surface area contributed by atoms with Gasteiger partial charge in [-0.1, -0.05) is 6.07 Å². The molecule has 0 saturated carbocycles. The van der Waals surface area contributed by atoms with E-state index in [-0.39, 0.29) is 17.7 Å². The molecule has 2 amide bonds. The smallest absolute Gasteiger partial charge is 0.255 e. The van der Waals surface area contributed by atoms with Crippen LogP contribution in [0.25, 0.3) is 0 Å². The predicted octanol–water partition coefficient (Wildman–Crippen LogP) is 2.57. The lowest BCUT2D eigenvalue weighted by molar-refractivity contribution is 0.0710. The molecular formula is C24H26N6O2. The van der Waals surface area contributed by atoms with Gasteiger partial charge in [0.2, 0.25) is 0 Å². The van der Waals surface area contributed by atoms with Gasteiger partial charge in [-0.3, -0.25) is 19.6 Å². The van der Waals surface area contributed by atoms with Crippen LogP contribution in [0.5, 0.6) is 0 Å². The molecule has 4 heterocycles. The molecule has 0 bridgehead atoms. The number of nitrogens with zero attached hydrogens (tertiary/aromatic N) is 5. The Hall–Kier alpha value is -3.68. The Bertz CT molecular complexity index is 1070. The van der Waals surface area contributed by atoms with Crippen molar-refractivity contribution in [1.29, 1.82) is 0 Å². The van der Waals surface area contributed by atoms with Crippen molar-refractivity contribution in [3.8, 4) is 0 Å². The second kappa shape index (κ2) is 10.1. The van der Waals surface area contributed by atoms with Gasteiger partial charge in [0.15, 0.2) is 0 Å². The molecule has 0 radical (unpaired) electrons. The van der Waals surface area contributed by atoms with Crippen LogP contribution >= 0.6 is 0 Å².